The number of nitrogens with one attached hydrogen (secondary N) is 2. The van der Waals surface area contributed by atoms with Crippen molar-refractivity contribution in [2.24, 2.45) is 9.98 Å². The van der Waals surface area contributed by atoms with E-state index in [1.165, 1.54) is 27.7 Å². The molecule has 0 unspecified atom stereocenters. The Morgan fingerprint density at radius 3 is 0.754 bits per heavy atom. The van der Waals surface area contributed by atoms with Crippen molar-refractivity contribution in [3.63, 3.8) is 0 Å². The summed E-state index contributed by atoms with van der Waals surface area (Å²) < 4.78 is 0. The second kappa shape index (κ2) is 109. The number of Topliss-reactive ketones (excluding diaryl/α,β-unsaturated/α-hetero) is 2. The average Bonchev–Trinajstić information content (AvgIpc) is 3.35. The van der Waals surface area contributed by atoms with Gasteiger partial charge in [-0.05, 0) is 27.7 Å². The van der Waals surface area contributed by atoms with Crippen molar-refractivity contribution in [3.8, 4) is 0 Å². The molecule has 0 saturated heterocycles. The minimum absolute atomic E-state index is 0. The molecule has 10 heteroatoms. The van der Waals surface area contributed by atoms with Gasteiger partial charge in [-0.25, -0.2) is 46.5 Å². The fourth-order valence-corrected chi connectivity index (χ4v) is 2.53. The fourth-order valence-electron chi connectivity index (χ4n) is 2.53. The summed E-state index contributed by atoms with van der Waals surface area (Å²) in [6.45, 7) is 46.1. The Labute approximate surface area is 485 Å². The molecule has 4 aromatic rings. The van der Waals surface area contributed by atoms with Crippen LogP contribution in [0.4, 0.5) is 11.4 Å². The third-order valence-corrected chi connectivity index (χ3v) is 4.10. The van der Waals surface area contributed by atoms with Crippen LogP contribution in [0.3, 0.4) is 0 Å². The number of aliphatic imine (C=N–C) groups is 2. The van der Waals surface area contributed by atoms with Crippen molar-refractivity contribution in [1.82, 2.24) is 0 Å². The molecule has 0 heterocycles. The van der Waals surface area contributed by atoms with Crippen LogP contribution in [-0.2, 0) is 117 Å². The summed E-state index contributed by atoms with van der Waals surface area (Å²) in [6, 6.07) is 35.6. The number of benzene rings is 4. The minimum Gasteiger partial charge on any atom is -0.392 e. The standard InChI is InChI=1S/2C14H9N2.2C3H6O.10C2H6.CH4.2W.2Y/c2*15-10-12-6-4-5-7-13(12)11-16-14-8-2-1-3-9-14;2*1-3(2)4;10*1-2;;;;;/h2*1-8,15H;2*1-2H3;10*1-2H3;1H4;;;;/q2*-3;;;;;;;;;;;;;;2*+2;;. The second-order valence-electron chi connectivity index (χ2n) is 8.10. The second-order valence-corrected chi connectivity index (χ2v) is 8.10. The minimum atomic E-state index is 0. The number of ketones is 2. The number of carbonyl (C=O) groups is 2. The molecule has 0 saturated carbocycles. The van der Waals surface area contributed by atoms with E-state index in [0.29, 0.717) is 11.1 Å². The Morgan fingerprint density at radius 2 is 0.585 bits per heavy atom. The van der Waals surface area contributed by atoms with Gasteiger partial charge in [0.2, 0.25) is 0 Å². The number of hydrogen-bond donors (Lipinski definition) is 2. The third-order valence-electron chi connectivity index (χ3n) is 4.10. The molecule has 0 amide bonds. The van der Waals surface area contributed by atoms with Gasteiger partial charge in [-0.2, -0.15) is 60.7 Å². The van der Waals surface area contributed by atoms with E-state index in [9.17, 15) is 9.59 Å². The molecule has 366 valence electrons. The van der Waals surface area contributed by atoms with Crippen molar-refractivity contribution >= 4 is 47.8 Å². The topological polar surface area (TPSA) is 107 Å². The van der Waals surface area contributed by atoms with Crippen LogP contribution in [0.5, 0.6) is 0 Å². The molecule has 4 aromatic carbocycles. The summed E-state index contributed by atoms with van der Waals surface area (Å²) >= 11 is 0. The quantitative estimate of drug-likeness (QED) is 0.148. The van der Waals surface area contributed by atoms with Crippen LogP contribution < -0.4 is 0 Å². The molecule has 0 bridgehead atoms. The number of para-hydroxylation sites is 2. The van der Waals surface area contributed by atoms with Crippen LogP contribution in [0.25, 0.3) is 0 Å². The number of rotatable bonds is 6. The van der Waals surface area contributed by atoms with E-state index in [1.54, 1.807) is 24.3 Å². The first-order valence-corrected chi connectivity index (χ1v) is 22.1. The normalized spacial score (nSPS) is 6.89. The van der Waals surface area contributed by atoms with E-state index in [1.807, 2.05) is 211 Å². The van der Waals surface area contributed by atoms with Gasteiger partial charge in [0.05, 0.1) is 0 Å². The van der Waals surface area contributed by atoms with Crippen molar-refractivity contribution in [1.29, 1.82) is 10.8 Å². The first-order chi connectivity index (χ1) is 29.3. The Bertz CT molecular complexity index is 1310. The maximum atomic E-state index is 9.44. The van der Waals surface area contributed by atoms with Gasteiger partial charge in [-0.1, -0.05) is 146 Å². The largest absolute Gasteiger partial charge is 2.00 e. The predicted octanol–water partition coefficient (Wildman–Crippen LogP) is 18.1. The molecule has 0 aromatic heterocycles. The zero-order chi connectivity index (χ0) is 49.6. The molecule has 2 N–H and O–H groups in total. The maximum absolute atomic E-state index is 9.44. The zero-order valence-corrected chi connectivity index (χ0v) is 56.5. The van der Waals surface area contributed by atoms with Crippen LogP contribution >= 0.6 is 0 Å². The van der Waals surface area contributed by atoms with E-state index in [0.717, 1.165) is 22.5 Å². The summed E-state index contributed by atoms with van der Waals surface area (Å²) in [4.78, 5) is 27.2. The van der Waals surface area contributed by atoms with Crippen LogP contribution in [-0.4, -0.2) is 36.4 Å². The number of hydrogen-bond acceptors (Lipinski definition) is 6. The first-order valence-electron chi connectivity index (χ1n) is 22.1. The third kappa shape index (κ3) is 89.7. The smallest absolute Gasteiger partial charge is 0.392 e. The van der Waals surface area contributed by atoms with Gasteiger partial charge in [-0.3, -0.25) is 0 Å². The maximum Gasteiger partial charge on any atom is 2.00 e. The van der Waals surface area contributed by atoms with Gasteiger partial charge in [-0.15, -0.1) is 60.5 Å². The summed E-state index contributed by atoms with van der Waals surface area (Å²) in [6.07, 6.45) is 10.5. The molecular weight excluding hydrogens is 1290 g/mol. The summed E-state index contributed by atoms with van der Waals surface area (Å²) in [5.41, 5.74) is 4.33. The molecule has 0 spiro atoms. The van der Waals surface area contributed by atoms with Crippen LogP contribution in [0.15, 0.2) is 107 Å². The summed E-state index contributed by atoms with van der Waals surface area (Å²) in [7, 11) is 0. The molecule has 0 fully saturated rings. The van der Waals surface area contributed by atoms with Crippen molar-refractivity contribution in [2.75, 3.05) is 0 Å². The molecule has 4 rings (SSSR count). The Kier molecular flexibility index (Phi) is 177. The first kappa shape index (κ1) is 105. The van der Waals surface area contributed by atoms with Gasteiger partial charge in [0.25, 0.3) is 0 Å². The Balaban J connectivity index is -0.0000000366. The van der Waals surface area contributed by atoms with Gasteiger partial charge < -0.3 is 30.4 Å². The predicted molar refractivity (Wildman–Crippen MR) is 282 cm³/mol. The fraction of sp³-hybridized carbons (Fsp3) is 0.455. The van der Waals surface area contributed by atoms with Crippen LogP contribution in [0.1, 0.15) is 196 Å². The van der Waals surface area contributed by atoms with Crippen molar-refractivity contribution < 1.29 is 117 Å². The summed E-state index contributed by atoms with van der Waals surface area (Å²) in [5, 5.41) is 14.3. The van der Waals surface area contributed by atoms with Crippen molar-refractivity contribution in [3.05, 3.63) is 131 Å². The van der Waals surface area contributed by atoms with Gasteiger partial charge in [0.1, 0.15) is 11.6 Å². The van der Waals surface area contributed by atoms with Gasteiger partial charge >= 0.3 is 42.1 Å². The van der Waals surface area contributed by atoms with Gasteiger partial charge in [0.15, 0.2) is 0 Å². The Morgan fingerprint density at radius 1 is 0.400 bits per heavy atom. The number of carbonyl (C=O) groups excluding carboxylic acids is 2. The van der Waals surface area contributed by atoms with Crippen molar-refractivity contribution in [2.45, 2.75) is 174 Å². The van der Waals surface area contributed by atoms with E-state index >= 15 is 0 Å². The molecular formula is C55H94N4O2W2Y2-2. The van der Waals surface area contributed by atoms with Gasteiger partial charge in [0, 0.05) is 65.4 Å². The molecule has 0 aliphatic heterocycles. The molecule has 2 radical (unpaired) electrons. The molecule has 0 atom stereocenters. The monoisotopic (exact) mass is 1390 g/mol. The average molecular weight is 1390 g/mol. The summed E-state index contributed by atoms with van der Waals surface area (Å²) in [5.74, 6) is 0.333. The zero-order valence-electron chi connectivity index (χ0n) is 44.9. The van der Waals surface area contributed by atoms with E-state index in [2.05, 4.69) is 47.0 Å². The molecule has 0 aliphatic rings. The Hall–Kier alpha value is -1.52. The molecule has 0 aliphatic carbocycles. The van der Waals surface area contributed by atoms with E-state index < -0.39 is 0 Å². The van der Waals surface area contributed by atoms with E-state index in [-0.39, 0.29) is 127 Å². The molecule has 6 nitrogen and oxygen atoms in total. The van der Waals surface area contributed by atoms with E-state index in [4.69, 9.17) is 10.8 Å². The molecule has 65 heavy (non-hydrogen) atoms. The SMILES string of the molecule is C.CC.CC.CC.CC.CC.CC.CC.CC.CC.CC.CC(C)=O.CC(C)=O.N=[C-]c1ccccc1[C-]=Nc1[c-]cccc1.N=[C-]c1ccccc1[C-]=Nc1[c-]cccc1.[W+2].[W+2].[Y].[Y]. The van der Waals surface area contributed by atoms with Crippen LogP contribution in [0, 0.1) is 23.0 Å². The number of nitrogens with zero attached hydrogens (tertiary/aromatic N) is 2. The van der Waals surface area contributed by atoms with Crippen LogP contribution in [0.2, 0.25) is 0 Å².